The van der Waals surface area contributed by atoms with Crippen molar-refractivity contribution in [1.29, 1.82) is 0 Å². The van der Waals surface area contributed by atoms with Gasteiger partial charge in [-0.1, -0.05) is 19.1 Å². The largest absolute Gasteiger partial charge is 0.329 e. The molecule has 4 rings (SSSR count). The van der Waals surface area contributed by atoms with Gasteiger partial charge in [0.2, 0.25) is 11.8 Å². The van der Waals surface area contributed by atoms with E-state index in [0.29, 0.717) is 36.2 Å². The quantitative estimate of drug-likeness (QED) is 0.715. The second-order valence-corrected chi connectivity index (χ2v) is 8.64. The highest BCUT2D eigenvalue weighted by molar-refractivity contribution is 6.24. The molecular weight excluding hydrogens is 384 g/mol. The third kappa shape index (κ3) is 3.33. The van der Waals surface area contributed by atoms with Crippen molar-refractivity contribution < 1.29 is 19.2 Å². The van der Waals surface area contributed by atoms with Gasteiger partial charge in [-0.05, 0) is 43.7 Å². The van der Waals surface area contributed by atoms with E-state index < -0.39 is 23.8 Å². The predicted octanol–water partition coefficient (Wildman–Crippen LogP) is 1.04. The Balaban J connectivity index is 1.65. The molecule has 0 spiro atoms. The molecule has 0 bridgehead atoms. The van der Waals surface area contributed by atoms with Crippen molar-refractivity contribution in [3.05, 3.63) is 34.9 Å². The molecule has 0 radical (unpaired) electrons. The minimum absolute atomic E-state index is 0.109. The number of carbonyl (C=O) groups is 4. The van der Waals surface area contributed by atoms with E-state index in [-0.39, 0.29) is 24.8 Å². The van der Waals surface area contributed by atoms with Gasteiger partial charge >= 0.3 is 0 Å². The third-order valence-corrected chi connectivity index (χ3v) is 6.95. The lowest BCUT2D eigenvalue weighted by molar-refractivity contribution is -0.136. The van der Waals surface area contributed by atoms with Gasteiger partial charge in [0.05, 0.1) is 11.1 Å². The highest BCUT2D eigenvalue weighted by atomic mass is 16.2. The van der Waals surface area contributed by atoms with Crippen LogP contribution in [-0.2, 0) is 16.1 Å². The van der Waals surface area contributed by atoms with Crippen LogP contribution in [0.1, 0.15) is 65.8 Å². The molecule has 3 aliphatic rings. The van der Waals surface area contributed by atoms with Crippen molar-refractivity contribution in [2.45, 2.75) is 64.2 Å². The van der Waals surface area contributed by atoms with E-state index in [9.17, 15) is 19.2 Å². The molecule has 2 saturated heterocycles. The third-order valence-electron chi connectivity index (χ3n) is 6.95. The maximum atomic E-state index is 13.3. The molecule has 4 atom stereocenters. The maximum Gasteiger partial charge on any atom is 0.262 e. The first-order valence-electron chi connectivity index (χ1n) is 10.6. The number of nitrogens with one attached hydrogen (secondary N) is 1. The number of likely N-dealkylation sites (tertiary alicyclic amines) is 1. The number of piperidine rings is 2. The first-order chi connectivity index (χ1) is 14.3. The van der Waals surface area contributed by atoms with Crippen LogP contribution < -0.4 is 11.1 Å². The van der Waals surface area contributed by atoms with Crippen LogP contribution in [0.5, 0.6) is 0 Å². The normalized spacial score (nSPS) is 29.9. The summed E-state index contributed by atoms with van der Waals surface area (Å²) in [5, 5.41) is 2.23. The zero-order chi connectivity index (χ0) is 21.6. The molecule has 3 N–H and O–H groups in total. The maximum absolute atomic E-state index is 13.3. The fourth-order valence-corrected chi connectivity index (χ4v) is 4.96. The van der Waals surface area contributed by atoms with Crippen LogP contribution in [0.4, 0.5) is 0 Å². The molecule has 0 aliphatic carbocycles. The molecular formula is C22H28N4O4. The summed E-state index contributed by atoms with van der Waals surface area (Å²) in [4.78, 5) is 53.4. The van der Waals surface area contributed by atoms with Gasteiger partial charge in [-0.2, -0.15) is 0 Å². The Morgan fingerprint density at radius 2 is 1.83 bits per heavy atom. The Kier molecular flexibility index (Phi) is 5.46. The van der Waals surface area contributed by atoms with Crippen molar-refractivity contribution in [1.82, 2.24) is 15.1 Å². The van der Waals surface area contributed by atoms with Gasteiger partial charge in [0.1, 0.15) is 6.04 Å². The molecule has 8 nitrogen and oxygen atoms in total. The highest BCUT2D eigenvalue weighted by Crippen LogP contribution is 2.33. The minimum Gasteiger partial charge on any atom is -0.329 e. The molecule has 8 heteroatoms. The van der Waals surface area contributed by atoms with Crippen molar-refractivity contribution >= 4 is 23.6 Å². The van der Waals surface area contributed by atoms with Crippen LogP contribution in [0, 0.1) is 5.92 Å². The summed E-state index contributed by atoms with van der Waals surface area (Å²) < 4.78 is 0. The van der Waals surface area contributed by atoms with Crippen LogP contribution in [-0.4, -0.2) is 58.1 Å². The average Bonchev–Trinajstić information content (AvgIpc) is 2.97. The Morgan fingerprint density at radius 1 is 1.07 bits per heavy atom. The number of imide groups is 2. The second-order valence-electron chi connectivity index (χ2n) is 8.64. The topological polar surface area (TPSA) is 113 Å². The summed E-state index contributed by atoms with van der Waals surface area (Å²) in [6, 6.07) is 4.87. The number of carbonyl (C=O) groups excluding carboxylic acids is 4. The molecule has 0 saturated carbocycles. The van der Waals surface area contributed by atoms with Crippen molar-refractivity contribution in [3.63, 3.8) is 0 Å². The molecule has 30 heavy (non-hydrogen) atoms. The van der Waals surface area contributed by atoms with Gasteiger partial charge in [0, 0.05) is 31.6 Å². The number of rotatable bonds is 4. The first-order valence-corrected chi connectivity index (χ1v) is 10.6. The highest BCUT2D eigenvalue weighted by Gasteiger charge is 2.46. The number of hydrogen-bond donors (Lipinski definition) is 2. The summed E-state index contributed by atoms with van der Waals surface area (Å²) in [5.41, 5.74) is 7.49. The summed E-state index contributed by atoms with van der Waals surface area (Å²) in [5.74, 6) is -1.38. The zero-order valence-corrected chi connectivity index (χ0v) is 17.4. The number of nitrogens with zero attached hydrogens (tertiary/aromatic N) is 2. The molecule has 0 aromatic heterocycles. The lowest BCUT2D eigenvalue weighted by Crippen LogP contribution is -2.54. The van der Waals surface area contributed by atoms with E-state index >= 15 is 0 Å². The fourth-order valence-electron chi connectivity index (χ4n) is 4.96. The van der Waals surface area contributed by atoms with Crippen molar-refractivity contribution in [2.24, 2.45) is 11.7 Å². The lowest BCUT2D eigenvalue weighted by atomic mass is 9.86. The van der Waals surface area contributed by atoms with E-state index in [1.807, 2.05) is 6.07 Å². The Hall–Kier alpha value is -2.58. The molecule has 1 aromatic rings. The molecule has 160 valence electrons. The molecule has 3 aliphatic heterocycles. The lowest BCUT2D eigenvalue weighted by Gasteiger charge is -2.44. The number of hydrogen-bond acceptors (Lipinski definition) is 6. The van der Waals surface area contributed by atoms with Gasteiger partial charge in [-0.25, -0.2) is 0 Å². The summed E-state index contributed by atoms with van der Waals surface area (Å²) >= 11 is 0. The van der Waals surface area contributed by atoms with Gasteiger partial charge in [-0.3, -0.25) is 34.3 Å². The predicted molar refractivity (Wildman–Crippen MR) is 109 cm³/mol. The Morgan fingerprint density at radius 3 is 2.53 bits per heavy atom. The van der Waals surface area contributed by atoms with Crippen LogP contribution in [0.25, 0.3) is 0 Å². The molecule has 3 heterocycles. The number of amides is 4. The SMILES string of the molecule is CC1CCC(CN)N(Cc2cccc3c2C(=O)N(C2CCC(=O)NC2=O)C3=O)C1C. The van der Waals surface area contributed by atoms with Gasteiger partial charge < -0.3 is 5.73 Å². The van der Waals surface area contributed by atoms with Crippen LogP contribution in [0.15, 0.2) is 18.2 Å². The van der Waals surface area contributed by atoms with E-state index in [1.54, 1.807) is 12.1 Å². The fraction of sp³-hybridized carbons (Fsp3) is 0.545. The number of benzene rings is 1. The zero-order valence-electron chi connectivity index (χ0n) is 17.4. The Bertz CT molecular complexity index is 912. The van der Waals surface area contributed by atoms with E-state index in [4.69, 9.17) is 5.73 Å². The molecule has 2 fully saturated rings. The monoisotopic (exact) mass is 412 g/mol. The Labute approximate surface area is 175 Å². The number of fused-ring (bicyclic) bond motifs is 1. The van der Waals surface area contributed by atoms with Crippen LogP contribution >= 0.6 is 0 Å². The van der Waals surface area contributed by atoms with Crippen LogP contribution in [0.3, 0.4) is 0 Å². The minimum atomic E-state index is -0.950. The molecule has 4 amide bonds. The van der Waals surface area contributed by atoms with E-state index in [1.165, 1.54) is 0 Å². The molecule has 4 unspecified atom stereocenters. The van der Waals surface area contributed by atoms with Crippen molar-refractivity contribution in [3.8, 4) is 0 Å². The first kappa shape index (κ1) is 20.7. The summed E-state index contributed by atoms with van der Waals surface area (Å²) in [7, 11) is 0. The van der Waals surface area contributed by atoms with Crippen molar-refractivity contribution in [2.75, 3.05) is 6.54 Å². The number of nitrogens with two attached hydrogens (primary N) is 1. The standard InChI is InChI=1S/C22H28N4O4/c1-12-6-7-15(10-23)25(13(12)2)11-14-4-3-5-16-19(14)22(30)26(21(16)29)17-8-9-18(27)24-20(17)28/h3-5,12-13,15,17H,6-11,23H2,1-2H3,(H,24,27,28). The van der Waals surface area contributed by atoms with Gasteiger partial charge in [-0.15, -0.1) is 0 Å². The van der Waals surface area contributed by atoms with Gasteiger partial charge in [0.25, 0.3) is 11.8 Å². The molecule has 1 aromatic carbocycles. The van der Waals surface area contributed by atoms with E-state index in [2.05, 4.69) is 24.1 Å². The van der Waals surface area contributed by atoms with E-state index in [0.717, 1.165) is 23.3 Å². The van der Waals surface area contributed by atoms with Gasteiger partial charge in [0.15, 0.2) is 0 Å². The second kappa shape index (κ2) is 7.92. The average molecular weight is 412 g/mol. The summed E-state index contributed by atoms with van der Waals surface area (Å²) in [6.45, 7) is 5.47. The smallest absolute Gasteiger partial charge is 0.262 e. The summed E-state index contributed by atoms with van der Waals surface area (Å²) in [6.07, 6.45) is 2.39. The van der Waals surface area contributed by atoms with Crippen LogP contribution in [0.2, 0.25) is 0 Å².